The fourth-order valence-electron chi connectivity index (χ4n) is 2.70. The van der Waals surface area contributed by atoms with Crippen LogP contribution in [0.25, 0.3) is 22.0 Å². The minimum absolute atomic E-state index is 0.157. The minimum atomic E-state index is -0.157. The zero-order valence-electron chi connectivity index (χ0n) is 11.3. The smallest absolute Gasteiger partial charge is 0.228 e. The largest absolute Gasteiger partial charge is 0.361 e. The summed E-state index contributed by atoms with van der Waals surface area (Å²) in [6, 6.07) is 9.76. The van der Waals surface area contributed by atoms with Gasteiger partial charge in [0.05, 0.1) is 5.69 Å². The summed E-state index contributed by atoms with van der Waals surface area (Å²) in [5.74, 6) is -0.157. The second kappa shape index (κ2) is 4.49. The number of carbonyl (C=O) groups is 2. The average Bonchev–Trinajstić information content (AvgIpc) is 2.98. The number of aromatic amines is 1. The Morgan fingerprint density at radius 2 is 2.00 bits per heavy atom. The molecule has 0 radical (unpaired) electrons. The number of fused-ring (bicyclic) bond motifs is 1. The van der Waals surface area contributed by atoms with Gasteiger partial charge in [-0.15, -0.1) is 0 Å². The summed E-state index contributed by atoms with van der Waals surface area (Å²) in [7, 11) is 0. The maximum Gasteiger partial charge on any atom is 0.228 e. The highest BCUT2D eigenvalue weighted by Crippen LogP contribution is 2.32. The number of rotatable bonds is 2. The molecule has 0 fully saturated rings. The van der Waals surface area contributed by atoms with Crippen LogP contribution in [0.15, 0.2) is 36.5 Å². The molecule has 2 heterocycles. The Labute approximate surface area is 116 Å². The highest BCUT2D eigenvalue weighted by Gasteiger charge is 2.18. The highest BCUT2D eigenvalue weighted by molar-refractivity contribution is 6.01. The molecule has 100 valence electrons. The van der Waals surface area contributed by atoms with Crippen molar-refractivity contribution in [2.75, 3.05) is 0 Å². The van der Waals surface area contributed by atoms with Gasteiger partial charge in [-0.3, -0.25) is 14.2 Å². The van der Waals surface area contributed by atoms with Gasteiger partial charge in [-0.05, 0) is 19.1 Å². The molecular weight excluding hydrogens is 252 g/mol. The van der Waals surface area contributed by atoms with Crippen LogP contribution in [0.2, 0.25) is 0 Å². The zero-order chi connectivity index (χ0) is 14.3. The van der Waals surface area contributed by atoms with E-state index >= 15 is 0 Å². The van der Waals surface area contributed by atoms with Crippen molar-refractivity contribution in [1.82, 2.24) is 9.55 Å². The van der Waals surface area contributed by atoms with Crippen molar-refractivity contribution in [2.24, 2.45) is 0 Å². The van der Waals surface area contributed by atoms with Crippen LogP contribution < -0.4 is 0 Å². The first kappa shape index (κ1) is 12.4. The normalized spacial score (nSPS) is 10.9. The number of aryl methyl sites for hydroxylation is 1. The lowest BCUT2D eigenvalue weighted by Gasteiger charge is -2.03. The molecule has 4 nitrogen and oxygen atoms in total. The third-order valence-electron chi connectivity index (χ3n) is 3.53. The lowest BCUT2D eigenvalue weighted by molar-refractivity contribution is 0.0922. The van der Waals surface area contributed by atoms with Crippen LogP contribution in [-0.2, 0) is 0 Å². The lowest BCUT2D eigenvalue weighted by atomic mass is 10.1. The van der Waals surface area contributed by atoms with Crippen LogP contribution in [0.1, 0.15) is 27.9 Å². The topological polar surface area (TPSA) is 54.9 Å². The fraction of sp³-hybridized carbons (Fsp3) is 0.125. The molecule has 0 aliphatic heterocycles. The Bertz CT molecular complexity index is 824. The molecule has 0 unspecified atom stereocenters. The second-order valence-corrected chi connectivity index (χ2v) is 4.80. The summed E-state index contributed by atoms with van der Waals surface area (Å²) in [4.78, 5) is 26.3. The monoisotopic (exact) mass is 266 g/mol. The third-order valence-corrected chi connectivity index (χ3v) is 3.53. The number of aromatic nitrogens is 2. The summed E-state index contributed by atoms with van der Waals surface area (Å²) in [5, 5.41) is 1.04. The molecule has 4 heteroatoms. The average molecular weight is 266 g/mol. The molecular formula is C16H14N2O2. The number of hydrogen-bond acceptors (Lipinski definition) is 2. The van der Waals surface area contributed by atoms with Crippen molar-refractivity contribution in [2.45, 2.75) is 13.8 Å². The van der Waals surface area contributed by atoms with E-state index in [1.165, 1.54) is 11.5 Å². The molecule has 2 aromatic heterocycles. The number of H-pyrrole nitrogens is 1. The molecule has 0 aliphatic rings. The molecule has 1 N–H and O–H groups in total. The van der Waals surface area contributed by atoms with E-state index in [1.54, 1.807) is 0 Å². The Balaban J connectivity index is 2.32. The van der Waals surface area contributed by atoms with Crippen molar-refractivity contribution < 1.29 is 9.59 Å². The van der Waals surface area contributed by atoms with E-state index in [-0.39, 0.29) is 5.91 Å². The summed E-state index contributed by atoms with van der Waals surface area (Å²) < 4.78 is 1.45. The summed E-state index contributed by atoms with van der Waals surface area (Å²) in [6.45, 7) is 3.28. The van der Waals surface area contributed by atoms with Gasteiger partial charge in [-0.1, -0.05) is 18.2 Å². The first-order chi connectivity index (χ1) is 9.63. The van der Waals surface area contributed by atoms with Crippen LogP contribution in [0.3, 0.4) is 0 Å². The van der Waals surface area contributed by atoms with E-state index in [4.69, 9.17) is 0 Å². The van der Waals surface area contributed by atoms with E-state index in [9.17, 15) is 9.59 Å². The highest BCUT2D eigenvalue weighted by atomic mass is 16.2. The number of carbonyl (C=O) groups excluding carboxylic acids is 2. The van der Waals surface area contributed by atoms with Gasteiger partial charge < -0.3 is 4.98 Å². The number of para-hydroxylation sites is 1. The van der Waals surface area contributed by atoms with Crippen LogP contribution in [0.5, 0.6) is 0 Å². The fourth-order valence-corrected chi connectivity index (χ4v) is 2.70. The maximum atomic E-state index is 11.7. The van der Waals surface area contributed by atoms with Gasteiger partial charge >= 0.3 is 0 Å². The molecule has 20 heavy (non-hydrogen) atoms. The lowest BCUT2D eigenvalue weighted by Crippen LogP contribution is -2.11. The number of hydrogen-bond donors (Lipinski definition) is 1. The van der Waals surface area contributed by atoms with Crippen molar-refractivity contribution in [3.8, 4) is 11.1 Å². The summed E-state index contributed by atoms with van der Waals surface area (Å²) >= 11 is 0. The molecule has 0 saturated heterocycles. The van der Waals surface area contributed by atoms with Crippen LogP contribution >= 0.6 is 0 Å². The van der Waals surface area contributed by atoms with Gasteiger partial charge in [0, 0.05) is 40.8 Å². The Morgan fingerprint density at radius 3 is 2.70 bits per heavy atom. The van der Waals surface area contributed by atoms with Crippen LogP contribution in [-0.4, -0.2) is 21.7 Å². The van der Waals surface area contributed by atoms with E-state index < -0.39 is 0 Å². The minimum Gasteiger partial charge on any atom is -0.361 e. The van der Waals surface area contributed by atoms with E-state index in [1.807, 2.05) is 43.5 Å². The standard InChI is InChI=1S/C16H14N2O2/c1-10-7-13(16(9-19)18(10)11(2)20)14-8-17-15-6-4-3-5-12(14)15/h3-9,17H,1-2H3. The van der Waals surface area contributed by atoms with Crippen LogP contribution in [0, 0.1) is 6.92 Å². The number of benzene rings is 1. The molecule has 1 aromatic carbocycles. The predicted octanol–water partition coefficient (Wildman–Crippen LogP) is 3.42. The number of nitrogens with one attached hydrogen (secondary N) is 1. The third kappa shape index (κ3) is 1.69. The van der Waals surface area contributed by atoms with E-state index in [0.717, 1.165) is 34.0 Å². The van der Waals surface area contributed by atoms with Crippen molar-refractivity contribution in [3.63, 3.8) is 0 Å². The van der Waals surface area contributed by atoms with Gasteiger partial charge in [0.1, 0.15) is 0 Å². The maximum absolute atomic E-state index is 11.7. The molecule has 0 spiro atoms. The van der Waals surface area contributed by atoms with Gasteiger partial charge in [-0.25, -0.2) is 0 Å². The van der Waals surface area contributed by atoms with Gasteiger partial charge in [0.2, 0.25) is 5.91 Å². The van der Waals surface area contributed by atoms with Gasteiger partial charge in [-0.2, -0.15) is 0 Å². The Kier molecular flexibility index (Phi) is 2.79. The molecule has 3 rings (SSSR count). The van der Waals surface area contributed by atoms with Crippen LogP contribution in [0.4, 0.5) is 0 Å². The predicted molar refractivity (Wildman–Crippen MR) is 78.1 cm³/mol. The Morgan fingerprint density at radius 1 is 1.25 bits per heavy atom. The first-order valence-electron chi connectivity index (χ1n) is 6.38. The zero-order valence-corrected chi connectivity index (χ0v) is 11.3. The Hall–Kier alpha value is -2.62. The number of aldehydes is 1. The molecule has 3 aromatic rings. The molecule has 0 saturated carbocycles. The van der Waals surface area contributed by atoms with E-state index in [2.05, 4.69) is 4.98 Å². The quantitative estimate of drug-likeness (QED) is 0.722. The van der Waals surface area contributed by atoms with Crippen molar-refractivity contribution in [1.29, 1.82) is 0 Å². The molecule has 0 atom stereocenters. The van der Waals surface area contributed by atoms with E-state index in [0.29, 0.717) is 5.69 Å². The van der Waals surface area contributed by atoms with Crippen molar-refractivity contribution in [3.05, 3.63) is 47.9 Å². The SMILES string of the molecule is CC(=O)n1c(C)cc(-c2c[nH]c3ccccc23)c1C=O. The molecule has 0 bridgehead atoms. The van der Waals surface area contributed by atoms with Gasteiger partial charge in [0.15, 0.2) is 6.29 Å². The second-order valence-electron chi connectivity index (χ2n) is 4.80. The van der Waals surface area contributed by atoms with Gasteiger partial charge in [0.25, 0.3) is 0 Å². The molecule has 0 amide bonds. The summed E-state index contributed by atoms with van der Waals surface area (Å²) in [6.07, 6.45) is 2.61. The first-order valence-corrected chi connectivity index (χ1v) is 6.38. The summed E-state index contributed by atoms with van der Waals surface area (Å²) in [5.41, 5.74) is 3.89. The number of nitrogens with zero attached hydrogens (tertiary/aromatic N) is 1. The molecule has 0 aliphatic carbocycles. The van der Waals surface area contributed by atoms with Crippen molar-refractivity contribution >= 4 is 23.1 Å².